The summed E-state index contributed by atoms with van der Waals surface area (Å²) in [5, 5.41) is 2.34. The van der Waals surface area contributed by atoms with Gasteiger partial charge in [-0.2, -0.15) is 0 Å². The quantitative estimate of drug-likeness (QED) is 0.744. The molecule has 0 fully saturated rings. The highest BCUT2D eigenvalue weighted by molar-refractivity contribution is 5.94. The van der Waals surface area contributed by atoms with Gasteiger partial charge in [-0.15, -0.1) is 0 Å². The molecule has 2 rings (SSSR count). The first-order valence-electron chi connectivity index (χ1n) is 6.55. The van der Waals surface area contributed by atoms with E-state index in [1.165, 1.54) is 26.4 Å². The van der Waals surface area contributed by atoms with Crippen molar-refractivity contribution >= 4 is 17.7 Å². The highest BCUT2D eigenvalue weighted by atomic mass is 16.5. The van der Waals surface area contributed by atoms with Crippen LogP contribution in [0.15, 0.2) is 40.1 Å². The van der Waals surface area contributed by atoms with Crippen LogP contribution in [-0.4, -0.2) is 32.6 Å². The lowest BCUT2D eigenvalue weighted by atomic mass is 10.3. The molecule has 120 valence electrons. The lowest BCUT2D eigenvalue weighted by molar-refractivity contribution is -0.119. The number of amides is 1. The molecule has 0 radical (unpaired) electrons. The van der Waals surface area contributed by atoms with Gasteiger partial charge in [-0.1, -0.05) is 6.07 Å². The van der Waals surface area contributed by atoms with Gasteiger partial charge in [-0.05, 0) is 12.1 Å². The lowest BCUT2D eigenvalue weighted by Gasteiger charge is -2.10. The predicted molar refractivity (Wildman–Crippen MR) is 80.1 cm³/mol. The summed E-state index contributed by atoms with van der Waals surface area (Å²) in [4.78, 5) is 50.5. The Labute approximate surface area is 130 Å². The standard InChI is InChI=1S/C14H14N4O5/c1-17-10(7-12(20)18(2)14(17)22)16-11(19)8-23-13(21)9-5-3-4-6-15-9/h3-7H,8H2,1-2H3,(H,16,19). The molecule has 0 atom stereocenters. The molecule has 2 aromatic rings. The third kappa shape index (κ3) is 3.70. The van der Waals surface area contributed by atoms with Crippen molar-refractivity contribution in [2.75, 3.05) is 11.9 Å². The summed E-state index contributed by atoms with van der Waals surface area (Å²) in [6.07, 6.45) is 1.42. The fourth-order valence-electron chi connectivity index (χ4n) is 1.72. The van der Waals surface area contributed by atoms with E-state index in [0.717, 1.165) is 15.2 Å². The normalized spacial score (nSPS) is 10.2. The number of ether oxygens (including phenoxy) is 1. The van der Waals surface area contributed by atoms with Crippen molar-refractivity contribution in [2.24, 2.45) is 14.1 Å². The molecule has 0 aliphatic heterocycles. The van der Waals surface area contributed by atoms with Crippen LogP contribution in [0.4, 0.5) is 5.82 Å². The van der Waals surface area contributed by atoms with Gasteiger partial charge < -0.3 is 10.1 Å². The number of hydrogen-bond acceptors (Lipinski definition) is 6. The van der Waals surface area contributed by atoms with Crippen LogP contribution in [0.25, 0.3) is 0 Å². The molecular weight excluding hydrogens is 304 g/mol. The molecule has 0 aliphatic carbocycles. The van der Waals surface area contributed by atoms with E-state index < -0.39 is 29.7 Å². The van der Waals surface area contributed by atoms with Crippen molar-refractivity contribution in [1.82, 2.24) is 14.1 Å². The van der Waals surface area contributed by atoms with E-state index in [4.69, 9.17) is 4.74 Å². The first-order valence-corrected chi connectivity index (χ1v) is 6.55. The van der Waals surface area contributed by atoms with Crippen molar-refractivity contribution in [2.45, 2.75) is 0 Å². The van der Waals surface area contributed by atoms with Gasteiger partial charge in [0.1, 0.15) is 11.5 Å². The van der Waals surface area contributed by atoms with Crippen molar-refractivity contribution in [1.29, 1.82) is 0 Å². The van der Waals surface area contributed by atoms with Crippen molar-refractivity contribution in [3.8, 4) is 0 Å². The van der Waals surface area contributed by atoms with Crippen LogP contribution in [0.1, 0.15) is 10.5 Å². The van der Waals surface area contributed by atoms with Gasteiger partial charge in [0.25, 0.3) is 11.5 Å². The number of rotatable bonds is 4. The van der Waals surface area contributed by atoms with Gasteiger partial charge in [-0.25, -0.2) is 14.6 Å². The molecule has 9 heteroatoms. The van der Waals surface area contributed by atoms with Gasteiger partial charge in [-0.3, -0.25) is 18.7 Å². The van der Waals surface area contributed by atoms with E-state index in [1.807, 2.05) is 0 Å². The third-order valence-electron chi connectivity index (χ3n) is 3.00. The molecule has 0 saturated carbocycles. The second-order valence-corrected chi connectivity index (χ2v) is 4.61. The van der Waals surface area contributed by atoms with E-state index in [2.05, 4.69) is 10.3 Å². The summed E-state index contributed by atoms with van der Waals surface area (Å²) in [5.41, 5.74) is -1.08. The molecule has 1 amide bonds. The molecule has 0 aromatic carbocycles. The highest BCUT2D eigenvalue weighted by Gasteiger charge is 2.13. The SMILES string of the molecule is Cn1c(NC(=O)COC(=O)c2ccccn2)cc(=O)n(C)c1=O. The summed E-state index contributed by atoms with van der Waals surface area (Å²) in [7, 11) is 2.72. The number of pyridine rings is 1. The Morgan fingerprint density at radius 3 is 2.61 bits per heavy atom. The summed E-state index contributed by atoms with van der Waals surface area (Å²) < 4.78 is 6.80. The minimum atomic E-state index is -0.751. The third-order valence-corrected chi connectivity index (χ3v) is 3.00. The average Bonchev–Trinajstić information content (AvgIpc) is 2.56. The zero-order chi connectivity index (χ0) is 17.0. The highest BCUT2D eigenvalue weighted by Crippen LogP contribution is 2.00. The molecule has 2 heterocycles. The fourth-order valence-corrected chi connectivity index (χ4v) is 1.72. The average molecular weight is 318 g/mol. The number of carbonyl (C=O) groups is 2. The summed E-state index contributed by atoms with van der Waals surface area (Å²) >= 11 is 0. The Balaban J connectivity index is 2.02. The number of carbonyl (C=O) groups excluding carboxylic acids is 2. The van der Waals surface area contributed by atoms with Crippen LogP contribution in [-0.2, 0) is 23.6 Å². The summed E-state index contributed by atoms with van der Waals surface area (Å²) in [6, 6.07) is 5.80. The monoisotopic (exact) mass is 318 g/mol. The maximum Gasteiger partial charge on any atom is 0.357 e. The van der Waals surface area contributed by atoms with Gasteiger partial charge in [0, 0.05) is 26.4 Å². The van der Waals surface area contributed by atoms with E-state index in [0.29, 0.717) is 0 Å². The number of nitrogens with zero attached hydrogens (tertiary/aromatic N) is 3. The zero-order valence-corrected chi connectivity index (χ0v) is 12.5. The van der Waals surface area contributed by atoms with Gasteiger partial charge in [0.15, 0.2) is 6.61 Å². The summed E-state index contributed by atoms with van der Waals surface area (Å²) in [5.74, 6) is -1.42. The minimum absolute atomic E-state index is 0.0111. The smallest absolute Gasteiger partial charge is 0.357 e. The zero-order valence-electron chi connectivity index (χ0n) is 12.5. The number of aromatic nitrogens is 3. The molecule has 2 aromatic heterocycles. The number of hydrogen-bond donors (Lipinski definition) is 1. The molecule has 0 spiro atoms. The molecule has 23 heavy (non-hydrogen) atoms. The van der Waals surface area contributed by atoms with Crippen LogP contribution in [0.3, 0.4) is 0 Å². The van der Waals surface area contributed by atoms with Crippen LogP contribution < -0.4 is 16.6 Å². The van der Waals surface area contributed by atoms with E-state index >= 15 is 0 Å². The maximum absolute atomic E-state index is 11.8. The molecule has 1 N–H and O–H groups in total. The topological polar surface area (TPSA) is 112 Å². The van der Waals surface area contributed by atoms with E-state index in [-0.39, 0.29) is 11.5 Å². The molecule has 0 saturated heterocycles. The van der Waals surface area contributed by atoms with Crippen LogP contribution in [0, 0.1) is 0 Å². The second-order valence-electron chi connectivity index (χ2n) is 4.61. The van der Waals surface area contributed by atoms with Gasteiger partial charge >= 0.3 is 11.7 Å². The Kier molecular flexibility index (Phi) is 4.69. The van der Waals surface area contributed by atoms with Crippen LogP contribution in [0.5, 0.6) is 0 Å². The van der Waals surface area contributed by atoms with Crippen molar-refractivity contribution < 1.29 is 14.3 Å². The first kappa shape index (κ1) is 16.1. The number of anilines is 1. The number of esters is 1. The number of nitrogens with one attached hydrogen (secondary N) is 1. The van der Waals surface area contributed by atoms with Gasteiger partial charge in [0.2, 0.25) is 0 Å². The van der Waals surface area contributed by atoms with Gasteiger partial charge in [0.05, 0.1) is 0 Å². The van der Waals surface area contributed by atoms with E-state index in [1.54, 1.807) is 12.1 Å². The van der Waals surface area contributed by atoms with Crippen LogP contribution in [0.2, 0.25) is 0 Å². The Morgan fingerprint density at radius 2 is 1.96 bits per heavy atom. The second kappa shape index (κ2) is 6.69. The predicted octanol–water partition coefficient (Wildman–Crippen LogP) is -0.725. The summed E-state index contributed by atoms with van der Waals surface area (Å²) in [6.45, 7) is -0.571. The maximum atomic E-state index is 11.8. The largest absolute Gasteiger partial charge is 0.451 e. The Morgan fingerprint density at radius 1 is 1.22 bits per heavy atom. The van der Waals surface area contributed by atoms with E-state index in [9.17, 15) is 19.2 Å². The fraction of sp³-hybridized carbons (Fsp3) is 0.214. The first-order chi connectivity index (χ1) is 10.9. The van der Waals surface area contributed by atoms with Crippen LogP contribution >= 0.6 is 0 Å². The lowest BCUT2D eigenvalue weighted by Crippen LogP contribution is -2.38. The minimum Gasteiger partial charge on any atom is -0.451 e. The molecule has 9 nitrogen and oxygen atoms in total. The molecule has 0 unspecified atom stereocenters. The van der Waals surface area contributed by atoms with Crippen molar-refractivity contribution in [3.63, 3.8) is 0 Å². The molecular formula is C14H14N4O5. The van der Waals surface area contributed by atoms with Crippen molar-refractivity contribution in [3.05, 3.63) is 57.0 Å². The molecule has 0 bridgehead atoms. The Hall–Kier alpha value is -3.23. The Bertz CT molecular complexity index is 854. The molecule has 0 aliphatic rings.